The van der Waals surface area contributed by atoms with Crippen LogP contribution in [0, 0.1) is 0 Å². The molecule has 0 amide bonds. The predicted molar refractivity (Wildman–Crippen MR) is 67.5 cm³/mol. The average molecular weight is 216 g/mol. The lowest BCUT2D eigenvalue weighted by Crippen LogP contribution is -2.23. The van der Waals surface area contributed by atoms with Crippen molar-refractivity contribution in [3.8, 4) is 0 Å². The molecular weight excluding hydrogens is 200 g/mol. The number of aryl methyl sites for hydroxylation is 1. The molecular formula is C13H16N2O. The molecule has 0 aliphatic heterocycles. The van der Waals surface area contributed by atoms with Gasteiger partial charge in [0, 0.05) is 12.2 Å². The zero-order valence-corrected chi connectivity index (χ0v) is 9.73. The van der Waals surface area contributed by atoms with Crippen molar-refractivity contribution in [2.45, 2.75) is 26.8 Å². The molecule has 3 nitrogen and oxygen atoms in total. The van der Waals surface area contributed by atoms with E-state index in [-0.39, 0.29) is 5.69 Å². The first-order valence-corrected chi connectivity index (χ1v) is 5.53. The van der Waals surface area contributed by atoms with Gasteiger partial charge >= 0.3 is 5.69 Å². The normalized spacial score (nSPS) is 10.9. The van der Waals surface area contributed by atoms with Crippen LogP contribution >= 0.6 is 0 Å². The van der Waals surface area contributed by atoms with Crippen molar-refractivity contribution in [1.29, 1.82) is 0 Å². The Morgan fingerprint density at radius 3 is 2.50 bits per heavy atom. The lowest BCUT2D eigenvalue weighted by atomic mass is 10.3. The Balaban J connectivity index is 2.86. The summed E-state index contributed by atoms with van der Waals surface area (Å²) in [5, 5.41) is 0. The second kappa shape index (κ2) is 4.00. The van der Waals surface area contributed by atoms with Crippen LogP contribution in [-0.2, 0) is 6.54 Å². The third kappa shape index (κ3) is 1.48. The fraction of sp³-hybridized carbons (Fsp3) is 0.308. The van der Waals surface area contributed by atoms with Crippen molar-refractivity contribution < 1.29 is 0 Å². The molecule has 0 saturated heterocycles. The summed E-state index contributed by atoms with van der Waals surface area (Å²) < 4.78 is 3.48. The lowest BCUT2D eigenvalue weighted by Gasteiger charge is -1.99. The van der Waals surface area contributed by atoms with Crippen molar-refractivity contribution >= 4 is 16.7 Å². The topological polar surface area (TPSA) is 26.9 Å². The van der Waals surface area contributed by atoms with Gasteiger partial charge in [-0.05, 0) is 25.5 Å². The van der Waals surface area contributed by atoms with Crippen molar-refractivity contribution in [2.24, 2.45) is 0 Å². The number of benzene rings is 1. The molecule has 2 rings (SSSR count). The summed E-state index contributed by atoms with van der Waals surface area (Å²) in [5.74, 6) is 0. The van der Waals surface area contributed by atoms with E-state index < -0.39 is 0 Å². The molecule has 1 aromatic heterocycles. The Morgan fingerprint density at radius 1 is 1.31 bits per heavy atom. The summed E-state index contributed by atoms with van der Waals surface area (Å²) in [5.41, 5.74) is 2.69. The minimum absolute atomic E-state index is 0.00977. The largest absolute Gasteiger partial charge is 0.333 e. The number of para-hydroxylation sites is 2. The van der Waals surface area contributed by atoms with Crippen molar-refractivity contribution in [1.82, 2.24) is 9.13 Å². The van der Waals surface area contributed by atoms with Gasteiger partial charge in [0.15, 0.2) is 0 Å². The van der Waals surface area contributed by atoms with E-state index in [1.807, 2.05) is 35.8 Å². The molecule has 2 aromatic rings. The standard InChI is InChI=1S/C13H16N2O/c1-4-9-14-11-7-5-6-8-12(11)15(10(2)3)13(14)16/h5-8H,2,4,9H2,1,3H3. The second-order valence-corrected chi connectivity index (χ2v) is 3.99. The van der Waals surface area contributed by atoms with Gasteiger partial charge in [-0.25, -0.2) is 4.79 Å². The Bertz CT molecular complexity index is 589. The molecule has 0 N–H and O–H groups in total. The SMILES string of the molecule is C=C(C)n1c(=O)n(CCC)c2ccccc21. The summed E-state index contributed by atoms with van der Waals surface area (Å²) in [7, 11) is 0. The summed E-state index contributed by atoms with van der Waals surface area (Å²) in [6.45, 7) is 8.53. The number of hydrogen-bond donors (Lipinski definition) is 0. The first-order valence-electron chi connectivity index (χ1n) is 5.53. The fourth-order valence-corrected chi connectivity index (χ4v) is 2.02. The van der Waals surface area contributed by atoms with Gasteiger partial charge < -0.3 is 0 Å². The predicted octanol–water partition coefficient (Wildman–Crippen LogP) is 2.70. The number of aromatic nitrogens is 2. The number of imidazole rings is 1. The fourth-order valence-electron chi connectivity index (χ4n) is 2.02. The van der Waals surface area contributed by atoms with Crippen LogP contribution < -0.4 is 5.69 Å². The van der Waals surface area contributed by atoms with Gasteiger partial charge in [0.05, 0.1) is 11.0 Å². The van der Waals surface area contributed by atoms with Crippen LogP contribution in [0.15, 0.2) is 35.6 Å². The highest BCUT2D eigenvalue weighted by Crippen LogP contribution is 2.15. The van der Waals surface area contributed by atoms with Crippen LogP contribution in [0.25, 0.3) is 16.7 Å². The van der Waals surface area contributed by atoms with Gasteiger partial charge in [-0.3, -0.25) is 9.13 Å². The van der Waals surface area contributed by atoms with Gasteiger partial charge in [-0.1, -0.05) is 25.6 Å². The van der Waals surface area contributed by atoms with E-state index in [0.29, 0.717) is 0 Å². The lowest BCUT2D eigenvalue weighted by molar-refractivity contribution is 0.665. The maximum absolute atomic E-state index is 12.2. The van der Waals surface area contributed by atoms with Gasteiger partial charge in [0.2, 0.25) is 0 Å². The van der Waals surface area contributed by atoms with Crippen molar-refractivity contribution in [3.63, 3.8) is 0 Å². The Morgan fingerprint density at radius 2 is 1.94 bits per heavy atom. The monoisotopic (exact) mass is 216 g/mol. The molecule has 1 heterocycles. The molecule has 0 aliphatic carbocycles. The van der Waals surface area contributed by atoms with Crippen LogP contribution in [0.3, 0.4) is 0 Å². The molecule has 1 aromatic carbocycles. The van der Waals surface area contributed by atoms with Gasteiger partial charge in [0.25, 0.3) is 0 Å². The van der Waals surface area contributed by atoms with Crippen molar-refractivity contribution in [2.75, 3.05) is 0 Å². The van der Waals surface area contributed by atoms with E-state index in [0.717, 1.165) is 29.7 Å². The minimum atomic E-state index is 0.00977. The molecule has 0 radical (unpaired) electrons. The van der Waals surface area contributed by atoms with Crippen LogP contribution in [0.5, 0.6) is 0 Å². The molecule has 0 fully saturated rings. The molecule has 0 aliphatic rings. The number of allylic oxidation sites excluding steroid dienone is 1. The maximum atomic E-state index is 12.2. The summed E-state index contributed by atoms with van der Waals surface area (Å²) in [6.07, 6.45) is 0.949. The quantitative estimate of drug-likeness (QED) is 0.775. The summed E-state index contributed by atoms with van der Waals surface area (Å²) in [4.78, 5) is 12.2. The first-order chi connectivity index (χ1) is 7.66. The molecule has 0 saturated carbocycles. The van der Waals surface area contributed by atoms with Crippen LogP contribution in [0.2, 0.25) is 0 Å². The first kappa shape index (κ1) is 10.7. The molecule has 0 atom stereocenters. The highest BCUT2D eigenvalue weighted by atomic mass is 16.1. The van der Waals surface area contributed by atoms with Crippen molar-refractivity contribution in [3.05, 3.63) is 41.3 Å². The number of nitrogens with zero attached hydrogens (tertiary/aromatic N) is 2. The average Bonchev–Trinajstić information content (AvgIpc) is 2.53. The zero-order valence-electron chi connectivity index (χ0n) is 9.73. The smallest absolute Gasteiger partial charge is 0.292 e. The Kier molecular flexibility index (Phi) is 2.69. The highest BCUT2D eigenvalue weighted by molar-refractivity contribution is 5.79. The minimum Gasteiger partial charge on any atom is -0.292 e. The maximum Gasteiger partial charge on any atom is 0.333 e. The molecule has 0 unspecified atom stereocenters. The van der Waals surface area contributed by atoms with Gasteiger partial charge in [0.1, 0.15) is 0 Å². The molecule has 0 spiro atoms. The second-order valence-electron chi connectivity index (χ2n) is 3.99. The molecule has 16 heavy (non-hydrogen) atoms. The van der Waals surface area contributed by atoms with E-state index >= 15 is 0 Å². The molecule has 3 heteroatoms. The molecule has 0 bridgehead atoms. The van der Waals surface area contributed by atoms with Crippen LogP contribution in [0.4, 0.5) is 0 Å². The van der Waals surface area contributed by atoms with Crippen LogP contribution in [0.1, 0.15) is 20.3 Å². The van der Waals surface area contributed by atoms with E-state index in [1.54, 1.807) is 4.57 Å². The third-order valence-corrected chi connectivity index (χ3v) is 2.66. The number of rotatable bonds is 3. The van der Waals surface area contributed by atoms with E-state index in [4.69, 9.17) is 0 Å². The highest BCUT2D eigenvalue weighted by Gasteiger charge is 2.11. The van der Waals surface area contributed by atoms with E-state index in [9.17, 15) is 4.79 Å². The Hall–Kier alpha value is -1.77. The van der Waals surface area contributed by atoms with E-state index in [2.05, 4.69) is 13.5 Å². The van der Waals surface area contributed by atoms with Crippen LogP contribution in [-0.4, -0.2) is 9.13 Å². The number of hydrogen-bond acceptors (Lipinski definition) is 1. The number of fused-ring (bicyclic) bond motifs is 1. The van der Waals surface area contributed by atoms with Gasteiger partial charge in [-0.15, -0.1) is 0 Å². The third-order valence-electron chi connectivity index (χ3n) is 2.66. The zero-order chi connectivity index (χ0) is 11.7. The Labute approximate surface area is 94.6 Å². The summed E-state index contributed by atoms with van der Waals surface area (Å²) in [6, 6.07) is 7.83. The van der Waals surface area contributed by atoms with Gasteiger partial charge in [-0.2, -0.15) is 0 Å². The summed E-state index contributed by atoms with van der Waals surface area (Å²) >= 11 is 0. The van der Waals surface area contributed by atoms with E-state index in [1.165, 1.54) is 0 Å². The molecule has 84 valence electrons.